The maximum atomic E-state index is 10.7. The Morgan fingerprint density at radius 1 is 1.64 bits per heavy atom. The first kappa shape index (κ1) is 8.55. The molecule has 2 aromatic heterocycles. The number of carbonyl (C=O) groups is 1. The number of aromatic nitrogens is 2. The van der Waals surface area contributed by atoms with Crippen molar-refractivity contribution in [3.05, 3.63) is 30.2 Å². The molecule has 0 unspecified atom stereocenters. The highest BCUT2D eigenvalue weighted by Crippen LogP contribution is 2.18. The van der Waals surface area contributed by atoms with Crippen molar-refractivity contribution in [2.75, 3.05) is 7.11 Å². The molecule has 0 bridgehead atoms. The number of ether oxygens (including phenoxy) is 1. The number of carboxylic acids is 1. The fourth-order valence-electron chi connectivity index (χ4n) is 1.29. The quantitative estimate of drug-likeness (QED) is 0.772. The zero-order valence-electron chi connectivity index (χ0n) is 7.47. The van der Waals surface area contributed by atoms with Crippen LogP contribution in [0.5, 0.6) is 5.88 Å². The minimum absolute atomic E-state index is 0.219. The van der Waals surface area contributed by atoms with E-state index in [4.69, 9.17) is 9.84 Å². The molecule has 0 atom stereocenters. The first-order chi connectivity index (χ1) is 6.72. The van der Waals surface area contributed by atoms with Crippen LogP contribution >= 0.6 is 0 Å². The normalized spacial score (nSPS) is 10.4. The minimum Gasteiger partial charge on any atom is -0.480 e. The second-order valence-corrected chi connectivity index (χ2v) is 2.76. The van der Waals surface area contributed by atoms with E-state index in [1.165, 1.54) is 19.4 Å². The van der Waals surface area contributed by atoms with Gasteiger partial charge in [0, 0.05) is 18.6 Å². The Bertz CT molecular complexity index is 490. The van der Waals surface area contributed by atoms with Gasteiger partial charge in [0.05, 0.1) is 12.7 Å². The number of aromatic carboxylic acids is 1. The van der Waals surface area contributed by atoms with Crippen LogP contribution in [0.4, 0.5) is 0 Å². The largest absolute Gasteiger partial charge is 0.480 e. The second kappa shape index (κ2) is 3.02. The predicted molar refractivity (Wildman–Crippen MR) is 48.7 cm³/mol. The van der Waals surface area contributed by atoms with Crippen molar-refractivity contribution >= 4 is 11.5 Å². The highest BCUT2D eigenvalue weighted by Gasteiger charge is 2.09. The SMILES string of the molecule is COc1nccn2cc(C(=O)O)cc12. The first-order valence-electron chi connectivity index (χ1n) is 3.96. The van der Waals surface area contributed by atoms with Crippen molar-refractivity contribution in [1.82, 2.24) is 9.38 Å². The van der Waals surface area contributed by atoms with E-state index in [-0.39, 0.29) is 5.56 Å². The van der Waals surface area contributed by atoms with Crippen LogP contribution in [0.3, 0.4) is 0 Å². The third kappa shape index (κ3) is 1.19. The summed E-state index contributed by atoms with van der Waals surface area (Å²) >= 11 is 0. The van der Waals surface area contributed by atoms with Gasteiger partial charge in [-0.2, -0.15) is 0 Å². The number of nitrogens with zero attached hydrogens (tertiary/aromatic N) is 2. The lowest BCUT2D eigenvalue weighted by Crippen LogP contribution is -1.92. The molecule has 5 nitrogen and oxygen atoms in total. The minimum atomic E-state index is -0.962. The van der Waals surface area contributed by atoms with Crippen molar-refractivity contribution in [3.63, 3.8) is 0 Å². The Morgan fingerprint density at radius 3 is 3.07 bits per heavy atom. The predicted octanol–water partition coefficient (Wildman–Crippen LogP) is 1.04. The highest BCUT2D eigenvalue weighted by molar-refractivity contribution is 5.90. The smallest absolute Gasteiger partial charge is 0.337 e. The number of fused-ring (bicyclic) bond motifs is 1. The molecule has 0 amide bonds. The lowest BCUT2D eigenvalue weighted by Gasteiger charge is -1.99. The molecule has 0 saturated carbocycles. The first-order valence-corrected chi connectivity index (χ1v) is 3.96. The van der Waals surface area contributed by atoms with E-state index in [0.29, 0.717) is 11.4 Å². The Morgan fingerprint density at radius 2 is 2.43 bits per heavy atom. The van der Waals surface area contributed by atoms with Gasteiger partial charge in [0.1, 0.15) is 5.52 Å². The summed E-state index contributed by atoms with van der Waals surface area (Å²) in [6.45, 7) is 0. The van der Waals surface area contributed by atoms with Crippen LogP contribution in [0.15, 0.2) is 24.7 Å². The summed E-state index contributed by atoms with van der Waals surface area (Å²) in [5, 5.41) is 8.77. The van der Waals surface area contributed by atoms with Gasteiger partial charge in [-0.3, -0.25) is 0 Å². The molecule has 2 heterocycles. The number of methoxy groups -OCH3 is 1. The molecule has 0 fully saturated rings. The zero-order valence-corrected chi connectivity index (χ0v) is 7.47. The van der Waals surface area contributed by atoms with Crippen LogP contribution in [0.25, 0.3) is 5.52 Å². The van der Waals surface area contributed by atoms with Crippen molar-refractivity contribution < 1.29 is 14.6 Å². The van der Waals surface area contributed by atoms with Crippen LogP contribution in [-0.2, 0) is 0 Å². The van der Waals surface area contributed by atoms with Crippen LogP contribution in [0.1, 0.15) is 10.4 Å². The van der Waals surface area contributed by atoms with E-state index in [0.717, 1.165) is 0 Å². The van der Waals surface area contributed by atoms with E-state index < -0.39 is 5.97 Å². The van der Waals surface area contributed by atoms with Crippen LogP contribution in [0, 0.1) is 0 Å². The molecule has 0 saturated heterocycles. The van der Waals surface area contributed by atoms with Crippen LogP contribution in [-0.4, -0.2) is 27.6 Å². The lowest BCUT2D eigenvalue weighted by atomic mass is 10.3. The summed E-state index contributed by atoms with van der Waals surface area (Å²) < 4.78 is 6.66. The van der Waals surface area contributed by atoms with Crippen LogP contribution in [0.2, 0.25) is 0 Å². The molecule has 5 heteroatoms. The van der Waals surface area contributed by atoms with Gasteiger partial charge in [0.2, 0.25) is 5.88 Å². The average molecular weight is 192 g/mol. The highest BCUT2D eigenvalue weighted by atomic mass is 16.5. The van der Waals surface area contributed by atoms with Gasteiger partial charge in [-0.15, -0.1) is 0 Å². The lowest BCUT2D eigenvalue weighted by molar-refractivity contribution is 0.0697. The number of rotatable bonds is 2. The van der Waals surface area contributed by atoms with E-state index in [2.05, 4.69) is 4.98 Å². The van der Waals surface area contributed by atoms with Gasteiger partial charge >= 0.3 is 5.97 Å². The summed E-state index contributed by atoms with van der Waals surface area (Å²) in [6.07, 6.45) is 4.74. The molecule has 72 valence electrons. The Kier molecular flexibility index (Phi) is 1.85. The molecule has 0 spiro atoms. The molecule has 0 radical (unpaired) electrons. The summed E-state index contributed by atoms with van der Waals surface area (Å²) in [5.41, 5.74) is 0.865. The van der Waals surface area contributed by atoms with Crippen molar-refractivity contribution in [1.29, 1.82) is 0 Å². The third-order valence-corrected chi connectivity index (χ3v) is 1.93. The van der Waals surface area contributed by atoms with E-state index >= 15 is 0 Å². The maximum Gasteiger partial charge on any atom is 0.337 e. The van der Waals surface area contributed by atoms with E-state index in [1.807, 2.05) is 0 Å². The van der Waals surface area contributed by atoms with Crippen molar-refractivity contribution in [2.24, 2.45) is 0 Å². The maximum absolute atomic E-state index is 10.7. The molecule has 0 aliphatic carbocycles. The Labute approximate surface area is 79.6 Å². The fraction of sp³-hybridized carbons (Fsp3) is 0.111. The molecule has 14 heavy (non-hydrogen) atoms. The molecule has 0 aliphatic heterocycles. The van der Waals surface area contributed by atoms with Gasteiger partial charge < -0.3 is 14.2 Å². The zero-order chi connectivity index (χ0) is 10.1. The number of hydrogen-bond donors (Lipinski definition) is 1. The van der Waals surface area contributed by atoms with Crippen molar-refractivity contribution in [2.45, 2.75) is 0 Å². The van der Waals surface area contributed by atoms with Crippen molar-refractivity contribution in [3.8, 4) is 5.88 Å². The standard InChI is InChI=1S/C9H8N2O3/c1-14-8-7-4-6(9(12)13)5-11(7)3-2-10-8/h2-5H,1H3,(H,12,13). The van der Waals surface area contributed by atoms with Gasteiger partial charge in [0.25, 0.3) is 0 Å². The van der Waals surface area contributed by atoms with Gasteiger partial charge in [-0.1, -0.05) is 0 Å². The van der Waals surface area contributed by atoms with Gasteiger partial charge in [-0.25, -0.2) is 9.78 Å². The summed E-state index contributed by atoms with van der Waals surface area (Å²) in [6, 6.07) is 1.52. The summed E-state index contributed by atoms with van der Waals surface area (Å²) in [4.78, 5) is 14.7. The fourth-order valence-corrected chi connectivity index (χ4v) is 1.29. The molecule has 0 aromatic carbocycles. The Hall–Kier alpha value is -2.04. The molecular formula is C9H8N2O3. The average Bonchev–Trinajstić information content (AvgIpc) is 2.60. The molecule has 2 aromatic rings. The molecule has 2 rings (SSSR count). The van der Waals surface area contributed by atoms with E-state index in [1.54, 1.807) is 16.8 Å². The summed E-state index contributed by atoms with van der Waals surface area (Å²) in [5.74, 6) is -0.546. The topological polar surface area (TPSA) is 63.8 Å². The molecular weight excluding hydrogens is 184 g/mol. The molecule has 1 N–H and O–H groups in total. The summed E-state index contributed by atoms with van der Waals surface area (Å²) in [7, 11) is 1.50. The monoisotopic (exact) mass is 192 g/mol. The molecule has 0 aliphatic rings. The second-order valence-electron chi connectivity index (χ2n) is 2.76. The van der Waals surface area contributed by atoms with Crippen LogP contribution < -0.4 is 4.74 Å². The van der Waals surface area contributed by atoms with Gasteiger partial charge in [0.15, 0.2) is 0 Å². The number of carboxylic acid groups (broad SMARTS) is 1. The number of hydrogen-bond acceptors (Lipinski definition) is 3. The third-order valence-electron chi connectivity index (χ3n) is 1.93. The Balaban J connectivity index is 2.70. The van der Waals surface area contributed by atoms with Gasteiger partial charge in [-0.05, 0) is 6.07 Å². The van der Waals surface area contributed by atoms with E-state index in [9.17, 15) is 4.79 Å².